The second-order valence-corrected chi connectivity index (χ2v) is 6.97. The number of anilines is 1. The number of carbonyl (C=O) groups excluding carboxylic acids is 1. The first-order valence-corrected chi connectivity index (χ1v) is 9.17. The molecule has 8 nitrogen and oxygen atoms in total. The van der Waals surface area contributed by atoms with Gasteiger partial charge in [0.15, 0.2) is 5.82 Å². The normalized spacial score (nSPS) is 20.6. The number of hydrogen-bond acceptors (Lipinski definition) is 6. The molecule has 1 aliphatic heterocycles. The maximum Gasteiger partial charge on any atom is 0.247 e. The Bertz CT molecular complexity index is 741. The molecule has 2 aromatic rings. The lowest BCUT2D eigenvalue weighted by Crippen LogP contribution is -2.43. The quantitative estimate of drug-likeness (QED) is 0.742. The minimum Gasteiger partial charge on any atom is -0.303 e. The third-order valence-electron chi connectivity index (χ3n) is 4.98. The third kappa shape index (κ3) is 5.08. The lowest BCUT2D eigenvalue weighted by Gasteiger charge is -2.37. The fourth-order valence-corrected chi connectivity index (χ4v) is 3.39. The van der Waals surface area contributed by atoms with E-state index in [0.717, 1.165) is 43.4 Å². The Hall–Kier alpha value is -2.39. The van der Waals surface area contributed by atoms with Crippen molar-refractivity contribution in [3.8, 4) is 0 Å². The predicted octanol–water partition coefficient (Wildman–Crippen LogP) is 1.82. The highest BCUT2D eigenvalue weighted by Crippen LogP contribution is 2.26. The van der Waals surface area contributed by atoms with Gasteiger partial charge in [0.2, 0.25) is 5.91 Å². The summed E-state index contributed by atoms with van der Waals surface area (Å²) < 4.78 is 14.0. The van der Waals surface area contributed by atoms with Crippen molar-refractivity contribution < 1.29 is 14.0 Å². The Labute approximate surface area is 157 Å². The van der Waals surface area contributed by atoms with Gasteiger partial charge in [-0.05, 0) is 36.9 Å². The third-order valence-corrected chi connectivity index (χ3v) is 4.98. The molecule has 2 atom stereocenters. The van der Waals surface area contributed by atoms with E-state index in [1.54, 1.807) is 18.2 Å². The van der Waals surface area contributed by atoms with Crippen molar-refractivity contribution in [2.24, 2.45) is 11.8 Å². The van der Waals surface area contributed by atoms with Crippen LogP contribution in [0, 0.1) is 17.7 Å². The number of carbonyl (C=O) groups is 1. The molecular formula is C18H25FN6O2. The number of rotatable bonds is 7. The number of benzene rings is 1. The van der Waals surface area contributed by atoms with E-state index in [0.29, 0.717) is 18.4 Å². The summed E-state index contributed by atoms with van der Waals surface area (Å²) >= 11 is 0. The first-order valence-electron chi connectivity index (χ1n) is 9.17. The van der Waals surface area contributed by atoms with Gasteiger partial charge in [-0.1, -0.05) is 24.3 Å². The van der Waals surface area contributed by atoms with Crippen LogP contribution >= 0.6 is 0 Å². The molecule has 146 valence electrons. The number of para-hydroxylation sites is 1. The van der Waals surface area contributed by atoms with Crippen LogP contribution in [0.1, 0.15) is 26.1 Å². The first kappa shape index (κ1) is 19.4. The lowest BCUT2D eigenvalue weighted by atomic mass is 9.87. The topological polar surface area (TPSA) is 87.2 Å². The van der Waals surface area contributed by atoms with Crippen molar-refractivity contribution in [3.63, 3.8) is 0 Å². The Morgan fingerprint density at radius 3 is 2.93 bits per heavy atom. The number of aromatic nitrogens is 4. The van der Waals surface area contributed by atoms with E-state index in [9.17, 15) is 9.18 Å². The van der Waals surface area contributed by atoms with Crippen LogP contribution in [0.15, 0.2) is 24.3 Å². The number of hydroxylamine groups is 1. The van der Waals surface area contributed by atoms with Gasteiger partial charge in [0.05, 0.1) is 6.61 Å². The second-order valence-electron chi connectivity index (χ2n) is 6.97. The Balaban J connectivity index is 1.50. The maximum absolute atomic E-state index is 14.0. The van der Waals surface area contributed by atoms with Gasteiger partial charge < -0.3 is 4.90 Å². The SMILES string of the molecule is CC(=O)N(OC[C@@H]1CCN(CCc2nn[nH]n2)C[C@@H]1C)c1ccccc1F. The molecule has 1 fully saturated rings. The Morgan fingerprint density at radius 2 is 2.26 bits per heavy atom. The molecule has 0 saturated carbocycles. The average molecular weight is 376 g/mol. The van der Waals surface area contributed by atoms with Gasteiger partial charge in [0, 0.05) is 26.4 Å². The number of hydrogen-bond donors (Lipinski definition) is 1. The van der Waals surface area contributed by atoms with E-state index in [2.05, 4.69) is 32.4 Å². The minimum absolute atomic E-state index is 0.148. The number of tetrazole rings is 1. The van der Waals surface area contributed by atoms with Crippen molar-refractivity contribution in [2.75, 3.05) is 31.3 Å². The molecule has 0 unspecified atom stereocenters. The van der Waals surface area contributed by atoms with Crippen LogP contribution < -0.4 is 5.06 Å². The molecule has 0 aliphatic carbocycles. The van der Waals surface area contributed by atoms with Gasteiger partial charge in [0.1, 0.15) is 11.5 Å². The van der Waals surface area contributed by atoms with Crippen LogP contribution in [0.3, 0.4) is 0 Å². The highest BCUT2D eigenvalue weighted by molar-refractivity contribution is 5.89. The van der Waals surface area contributed by atoms with Gasteiger partial charge >= 0.3 is 0 Å². The van der Waals surface area contributed by atoms with E-state index in [1.807, 2.05) is 0 Å². The largest absolute Gasteiger partial charge is 0.303 e. The van der Waals surface area contributed by atoms with Crippen LogP contribution in [-0.4, -0.2) is 57.7 Å². The number of nitrogens with zero attached hydrogens (tertiary/aromatic N) is 5. The van der Waals surface area contributed by atoms with Gasteiger partial charge in [-0.3, -0.25) is 9.63 Å². The van der Waals surface area contributed by atoms with E-state index in [1.165, 1.54) is 13.0 Å². The van der Waals surface area contributed by atoms with Crippen molar-refractivity contribution >= 4 is 11.6 Å². The van der Waals surface area contributed by atoms with Crippen LogP contribution in [0.5, 0.6) is 0 Å². The van der Waals surface area contributed by atoms with Crippen molar-refractivity contribution in [3.05, 3.63) is 35.9 Å². The summed E-state index contributed by atoms with van der Waals surface area (Å²) in [5.74, 6) is 0.607. The van der Waals surface area contributed by atoms with Crippen molar-refractivity contribution in [2.45, 2.75) is 26.7 Å². The summed E-state index contributed by atoms with van der Waals surface area (Å²) in [7, 11) is 0. The molecule has 2 heterocycles. The van der Waals surface area contributed by atoms with Crippen LogP contribution in [0.25, 0.3) is 0 Å². The molecule has 1 saturated heterocycles. The molecule has 1 aromatic carbocycles. The van der Waals surface area contributed by atoms with Gasteiger partial charge in [-0.25, -0.2) is 4.39 Å². The number of aromatic amines is 1. The molecule has 9 heteroatoms. The number of piperidine rings is 1. The van der Waals surface area contributed by atoms with Crippen LogP contribution in [0.2, 0.25) is 0 Å². The molecule has 1 amide bonds. The van der Waals surface area contributed by atoms with Crippen molar-refractivity contribution in [1.82, 2.24) is 25.5 Å². The maximum atomic E-state index is 14.0. The van der Waals surface area contributed by atoms with Gasteiger partial charge in [-0.2, -0.15) is 10.3 Å². The molecule has 1 aromatic heterocycles. The zero-order valence-electron chi connectivity index (χ0n) is 15.6. The predicted molar refractivity (Wildman–Crippen MR) is 97.1 cm³/mol. The molecule has 0 spiro atoms. The minimum atomic E-state index is -0.475. The molecule has 0 bridgehead atoms. The summed E-state index contributed by atoms with van der Waals surface area (Å²) in [6.07, 6.45) is 1.71. The number of likely N-dealkylation sites (tertiary alicyclic amines) is 1. The molecule has 1 aliphatic rings. The molecular weight excluding hydrogens is 351 g/mol. The van der Waals surface area contributed by atoms with Crippen LogP contribution in [-0.2, 0) is 16.1 Å². The zero-order valence-corrected chi connectivity index (χ0v) is 15.6. The number of H-pyrrole nitrogens is 1. The molecule has 1 N–H and O–H groups in total. The number of halogens is 1. The Kier molecular flexibility index (Phi) is 6.46. The van der Waals surface area contributed by atoms with Crippen LogP contribution in [0.4, 0.5) is 10.1 Å². The smallest absolute Gasteiger partial charge is 0.247 e. The summed E-state index contributed by atoms with van der Waals surface area (Å²) in [5, 5.41) is 15.0. The zero-order chi connectivity index (χ0) is 19.2. The average Bonchev–Trinajstić information content (AvgIpc) is 3.16. The summed E-state index contributed by atoms with van der Waals surface area (Å²) in [4.78, 5) is 20.0. The summed E-state index contributed by atoms with van der Waals surface area (Å²) in [6.45, 7) is 6.69. The first-order chi connectivity index (χ1) is 13.0. The Morgan fingerprint density at radius 1 is 1.44 bits per heavy atom. The number of nitrogens with one attached hydrogen (secondary N) is 1. The summed E-state index contributed by atoms with van der Waals surface area (Å²) in [6, 6.07) is 6.13. The van der Waals surface area contributed by atoms with Gasteiger partial charge in [0.25, 0.3) is 0 Å². The number of amides is 1. The highest BCUT2D eigenvalue weighted by Gasteiger charge is 2.28. The molecule has 27 heavy (non-hydrogen) atoms. The fourth-order valence-electron chi connectivity index (χ4n) is 3.39. The van der Waals surface area contributed by atoms with Gasteiger partial charge in [-0.15, -0.1) is 10.2 Å². The van der Waals surface area contributed by atoms with E-state index in [4.69, 9.17) is 4.84 Å². The standard InChI is InChI=1S/C18H25FN6O2/c1-13-11-24(10-8-18-20-22-23-21-18)9-7-15(13)12-27-25(14(2)26)17-6-4-3-5-16(17)19/h3-6,13,15H,7-12H2,1-2H3,(H,20,21,22,23)/t13-,15-/m0/s1. The second kappa shape index (κ2) is 9.01. The summed E-state index contributed by atoms with van der Waals surface area (Å²) in [5.41, 5.74) is 0.148. The monoisotopic (exact) mass is 376 g/mol. The van der Waals surface area contributed by atoms with E-state index >= 15 is 0 Å². The van der Waals surface area contributed by atoms with E-state index in [-0.39, 0.29) is 11.6 Å². The van der Waals surface area contributed by atoms with E-state index < -0.39 is 5.82 Å². The molecule has 3 rings (SSSR count). The highest BCUT2D eigenvalue weighted by atomic mass is 19.1. The molecule has 0 radical (unpaired) electrons. The lowest BCUT2D eigenvalue weighted by molar-refractivity contribution is -0.125. The van der Waals surface area contributed by atoms with Crippen molar-refractivity contribution in [1.29, 1.82) is 0 Å². The fraction of sp³-hybridized carbons (Fsp3) is 0.556.